The molecule has 2 atom stereocenters. The summed E-state index contributed by atoms with van der Waals surface area (Å²) in [5, 5.41) is 0. The van der Waals surface area contributed by atoms with Gasteiger partial charge in [0.1, 0.15) is 11.4 Å². The molecule has 0 N–H and O–H groups in total. The number of piperidine rings is 2. The van der Waals surface area contributed by atoms with E-state index in [9.17, 15) is 9.59 Å². The van der Waals surface area contributed by atoms with Gasteiger partial charge in [0.2, 0.25) is 0 Å². The molecule has 2 saturated heterocycles. The number of rotatable bonds is 4. The highest BCUT2D eigenvalue weighted by atomic mass is 16.6. The molecule has 2 rings (SSSR count). The maximum absolute atomic E-state index is 12.5. The van der Waals surface area contributed by atoms with E-state index in [1.807, 2.05) is 25.7 Å². The third-order valence-electron chi connectivity index (χ3n) is 5.00. The van der Waals surface area contributed by atoms with E-state index in [1.165, 1.54) is 0 Å². The van der Waals surface area contributed by atoms with Crippen molar-refractivity contribution in [3.63, 3.8) is 0 Å². The Labute approximate surface area is 140 Å². The topological polar surface area (TPSA) is 46.6 Å². The highest BCUT2D eigenvalue weighted by Gasteiger charge is 2.44. The molecule has 132 valence electrons. The minimum atomic E-state index is -0.463. The second-order valence-electron chi connectivity index (χ2n) is 8.69. The van der Waals surface area contributed by atoms with Crippen molar-refractivity contribution >= 4 is 11.9 Å². The normalized spacial score (nSPS) is 27.9. The van der Waals surface area contributed by atoms with E-state index < -0.39 is 5.60 Å². The average molecular weight is 323 g/mol. The molecule has 0 aliphatic carbocycles. The fourth-order valence-electron chi connectivity index (χ4n) is 3.89. The molecule has 0 spiro atoms. The molecular weight excluding hydrogens is 290 g/mol. The molecular formula is C19H33NO3. The van der Waals surface area contributed by atoms with Crippen LogP contribution in [-0.2, 0) is 9.53 Å². The molecule has 4 heteroatoms. The first kappa shape index (κ1) is 18.3. The number of carbonyl (C=O) groups is 2. The summed E-state index contributed by atoms with van der Waals surface area (Å²) in [7, 11) is 0. The van der Waals surface area contributed by atoms with Crippen molar-refractivity contribution in [2.75, 3.05) is 0 Å². The van der Waals surface area contributed by atoms with Crippen LogP contribution in [0.5, 0.6) is 0 Å². The highest BCUT2D eigenvalue weighted by molar-refractivity contribution is 5.81. The molecule has 2 aliphatic heterocycles. The van der Waals surface area contributed by atoms with Gasteiger partial charge in [0, 0.05) is 24.4 Å². The fraction of sp³-hybridized carbons (Fsp3) is 0.895. The van der Waals surface area contributed by atoms with Gasteiger partial charge in [0.15, 0.2) is 0 Å². The van der Waals surface area contributed by atoms with Gasteiger partial charge in [-0.1, -0.05) is 13.8 Å². The van der Waals surface area contributed by atoms with E-state index in [1.54, 1.807) is 0 Å². The minimum Gasteiger partial charge on any atom is -0.444 e. The predicted octanol–water partition coefficient (Wildman–Crippen LogP) is 4.56. The largest absolute Gasteiger partial charge is 0.444 e. The smallest absolute Gasteiger partial charge is 0.410 e. The maximum Gasteiger partial charge on any atom is 0.410 e. The first-order valence-corrected chi connectivity index (χ1v) is 9.21. The van der Waals surface area contributed by atoms with Crippen molar-refractivity contribution < 1.29 is 14.3 Å². The second kappa shape index (κ2) is 7.23. The summed E-state index contributed by atoms with van der Waals surface area (Å²) in [4.78, 5) is 27.0. The zero-order chi connectivity index (χ0) is 17.2. The lowest BCUT2D eigenvalue weighted by molar-refractivity contribution is -0.127. The van der Waals surface area contributed by atoms with Crippen molar-refractivity contribution in [2.24, 2.45) is 11.8 Å². The number of nitrogens with zero attached hydrogens (tertiary/aromatic N) is 1. The van der Waals surface area contributed by atoms with Crippen LogP contribution in [-0.4, -0.2) is 34.5 Å². The maximum atomic E-state index is 12.5. The molecule has 4 nitrogen and oxygen atoms in total. The van der Waals surface area contributed by atoms with Gasteiger partial charge >= 0.3 is 6.09 Å². The Hall–Kier alpha value is -1.06. The van der Waals surface area contributed by atoms with E-state index in [-0.39, 0.29) is 24.1 Å². The van der Waals surface area contributed by atoms with Crippen molar-refractivity contribution in [2.45, 2.75) is 97.2 Å². The fourth-order valence-corrected chi connectivity index (χ4v) is 3.89. The Kier molecular flexibility index (Phi) is 5.74. The van der Waals surface area contributed by atoms with Crippen LogP contribution in [0.1, 0.15) is 79.6 Å². The highest BCUT2D eigenvalue weighted by Crippen LogP contribution is 2.38. The van der Waals surface area contributed by atoms with Crippen LogP contribution in [0.4, 0.5) is 4.79 Å². The molecule has 0 aromatic carbocycles. The van der Waals surface area contributed by atoms with E-state index in [2.05, 4.69) is 13.8 Å². The van der Waals surface area contributed by atoms with Gasteiger partial charge in [-0.3, -0.25) is 4.79 Å². The standard InChI is InChI=1S/C19H33NO3/c1-13(2)9-10-17(21)14-11-15-7-6-8-16(12-14)20(15)18(22)23-19(3,4)5/h13-16H,6-12H2,1-5H3. The Morgan fingerprint density at radius 3 is 2.17 bits per heavy atom. The summed E-state index contributed by atoms with van der Waals surface area (Å²) in [5.74, 6) is 1.11. The van der Waals surface area contributed by atoms with E-state index in [4.69, 9.17) is 4.74 Å². The van der Waals surface area contributed by atoms with Crippen LogP contribution in [0.15, 0.2) is 0 Å². The van der Waals surface area contributed by atoms with Gasteiger partial charge in [-0.25, -0.2) is 4.79 Å². The Balaban J connectivity index is 2.00. The number of hydrogen-bond acceptors (Lipinski definition) is 3. The number of ether oxygens (including phenoxy) is 1. The van der Waals surface area contributed by atoms with Gasteiger partial charge in [0.25, 0.3) is 0 Å². The number of Topliss-reactive ketones (excluding diaryl/α,β-unsaturated/α-hetero) is 1. The van der Waals surface area contributed by atoms with E-state index >= 15 is 0 Å². The Morgan fingerprint density at radius 1 is 1.13 bits per heavy atom. The Bertz CT molecular complexity index is 424. The molecule has 1 amide bonds. The van der Waals surface area contributed by atoms with Crippen LogP contribution in [0.3, 0.4) is 0 Å². The summed E-state index contributed by atoms with van der Waals surface area (Å²) < 4.78 is 5.59. The lowest BCUT2D eigenvalue weighted by Crippen LogP contribution is -2.56. The lowest BCUT2D eigenvalue weighted by atomic mass is 9.76. The van der Waals surface area contributed by atoms with E-state index in [0.29, 0.717) is 18.1 Å². The first-order valence-electron chi connectivity index (χ1n) is 9.21. The number of hydrogen-bond donors (Lipinski definition) is 0. The van der Waals surface area contributed by atoms with Crippen molar-refractivity contribution in [1.29, 1.82) is 0 Å². The van der Waals surface area contributed by atoms with Crippen LogP contribution >= 0.6 is 0 Å². The third-order valence-corrected chi connectivity index (χ3v) is 5.00. The number of ketones is 1. The molecule has 0 radical (unpaired) electrons. The van der Waals surface area contributed by atoms with Gasteiger partial charge in [0.05, 0.1) is 0 Å². The van der Waals surface area contributed by atoms with Gasteiger partial charge < -0.3 is 9.64 Å². The number of fused-ring (bicyclic) bond motifs is 2. The van der Waals surface area contributed by atoms with Gasteiger partial charge in [-0.15, -0.1) is 0 Å². The van der Waals surface area contributed by atoms with E-state index in [0.717, 1.165) is 38.5 Å². The molecule has 2 bridgehead atoms. The zero-order valence-electron chi connectivity index (χ0n) is 15.4. The third kappa shape index (κ3) is 4.95. The average Bonchev–Trinajstić information content (AvgIpc) is 2.41. The number of carbonyl (C=O) groups excluding carboxylic acids is 2. The second-order valence-corrected chi connectivity index (χ2v) is 8.69. The summed E-state index contributed by atoms with van der Waals surface area (Å²) in [5.41, 5.74) is -0.463. The summed E-state index contributed by atoms with van der Waals surface area (Å²) in [6.45, 7) is 10.0. The van der Waals surface area contributed by atoms with Crippen LogP contribution in [0.25, 0.3) is 0 Å². The van der Waals surface area contributed by atoms with Crippen LogP contribution in [0.2, 0.25) is 0 Å². The summed E-state index contributed by atoms with van der Waals surface area (Å²) >= 11 is 0. The molecule has 2 unspecified atom stereocenters. The number of amides is 1. The molecule has 0 aromatic rings. The molecule has 0 aromatic heterocycles. The quantitative estimate of drug-likeness (QED) is 0.762. The molecule has 2 aliphatic rings. The molecule has 2 fully saturated rings. The molecule has 0 saturated carbocycles. The van der Waals surface area contributed by atoms with Crippen molar-refractivity contribution in [3.05, 3.63) is 0 Å². The Morgan fingerprint density at radius 2 is 1.70 bits per heavy atom. The van der Waals surface area contributed by atoms with Gasteiger partial charge in [-0.2, -0.15) is 0 Å². The monoisotopic (exact) mass is 323 g/mol. The predicted molar refractivity (Wildman–Crippen MR) is 91.3 cm³/mol. The lowest BCUT2D eigenvalue weighted by Gasteiger charge is -2.48. The van der Waals surface area contributed by atoms with Gasteiger partial charge in [-0.05, 0) is 65.2 Å². The summed E-state index contributed by atoms with van der Waals surface area (Å²) in [6, 6.07) is 0.371. The van der Waals surface area contributed by atoms with Crippen molar-refractivity contribution in [1.82, 2.24) is 4.90 Å². The summed E-state index contributed by atoms with van der Waals surface area (Å²) in [6.07, 6.45) is 6.28. The molecule has 2 heterocycles. The van der Waals surface area contributed by atoms with Crippen LogP contribution < -0.4 is 0 Å². The molecule has 23 heavy (non-hydrogen) atoms. The van der Waals surface area contributed by atoms with Crippen molar-refractivity contribution in [3.8, 4) is 0 Å². The minimum absolute atomic E-state index is 0.141. The zero-order valence-corrected chi connectivity index (χ0v) is 15.4. The first-order chi connectivity index (χ1) is 10.7. The van der Waals surface area contributed by atoms with Crippen LogP contribution in [0, 0.1) is 11.8 Å². The SMILES string of the molecule is CC(C)CCC(=O)C1CC2CCCC(C1)N2C(=O)OC(C)(C)C.